The van der Waals surface area contributed by atoms with Gasteiger partial charge in [-0.2, -0.15) is 9.90 Å². The lowest BCUT2D eigenvalue weighted by atomic mass is 10.5. The maximum absolute atomic E-state index is 5.37. The van der Waals surface area contributed by atoms with E-state index in [9.17, 15) is 0 Å². The molecule has 0 aliphatic carbocycles. The Balaban J connectivity index is 2.15. The van der Waals surface area contributed by atoms with Gasteiger partial charge in [-0.05, 0) is 6.42 Å². The Morgan fingerprint density at radius 2 is 2.42 bits per heavy atom. The summed E-state index contributed by atoms with van der Waals surface area (Å²) >= 11 is 0. The van der Waals surface area contributed by atoms with E-state index in [1.165, 1.54) is 11.0 Å². The largest absolute Gasteiger partial charge is 0.381 e. The first-order chi connectivity index (χ1) is 5.83. The summed E-state index contributed by atoms with van der Waals surface area (Å²) in [6.07, 6.45) is 2.56. The fraction of sp³-hybridized carbons (Fsp3) is 0.714. The smallest absolute Gasteiger partial charge is 0.165 e. The third kappa shape index (κ3) is 2.87. The number of ether oxygens (including phenoxy) is 1. The van der Waals surface area contributed by atoms with E-state index in [-0.39, 0.29) is 0 Å². The molecular formula is C7H14N4O. The second-order valence-electron chi connectivity index (χ2n) is 2.48. The van der Waals surface area contributed by atoms with Crippen LogP contribution in [0.2, 0.25) is 0 Å². The molecule has 0 amide bonds. The first kappa shape index (κ1) is 8.99. The van der Waals surface area contributed by atoms with Crippen molar-refractivity contribution in [2.75, 3.05) is 18.9 Å². The molecule has 0 fully saturated rings. The SMILES string of the molecule is CCCOCCn1ncc(N)n1. The van der Waals surface area contributed by atoms with Crippen molar-refractivity contribution in [1.29, 1.82) is 0 Å². The van der Waals surface area contributed by atoms with E-state index in [0.29, 0.717) is 19.0 Å². The number of rotatable bonds is 5. The molecule has 12 heavy (non-hydrogen) atoms. The average molecular weight is 170 g/mol. The van der Waals surface area contributed by atoms with Crippen LogP contribution >= 0.6 is 0 Å². The lowest BCUT2D eigenvalue weighted by Crippen LogP contribution is -2.09. The summed E-state index contributed by atoms with van der Waals surface area (Å²) in [6, 6.07) is 0. The minimum absolute atomic E-state index is 0.450. The van der Waals surface area contributed by atoms with Crippen LogP contribution in [-0.2, 0) is 11.3 Å². The van der Waals surface area contributed by atoms with Crippen LogP contribution in [0.5, 0.6) is 0 Å². The van der Waals surface area contributed by atoms with Gasteiger partial charge in [0.1, 0.15) is 0 Å². The van der Waals surface area contributed by atoms with Crippen molar-refractivity contribution in [3.63, 3.8) is 0 Å². The van der Waals surface area contributed by atoms with E-state index in [2.05, 4.69) is 17.1 Å². The molecule has 0 saturated heterocycles. The van der Waals surface area contributed by atoms with E-state index in [0.717, 1.165) is 13.0 Å². The van der Waals surface area contributed by atoms with Crippen molar-refractivity contribution in [3.8, 4) is 0 Å². The van der Waals surface area contributed by atoms with E-state index in [1.54, 1.807) is 0 Å². The molecule has 1 aromatic heterocycles. The fourth-order valence-corrected chi connectivity index (χ4v) is 0.811. The van der Waals surface area contributed by atoms with Crippen molar-refractivity contribution in [2.45, 2.75) is 19.9 Å². The summed E-state index contributed by atoms with van der Waals surface area (Å²) in [5.74, 6) is 0.450. The van der Waals surface area contributed by atoms with Crippen LogP contribution in [0, 0.1) is 0 Å². The third-order valence-corrected chi connectivity index (χ3v) is 1.34. The van der Waals surface area contributed by atoms with Gasteiger partial charge in [0.15, 0.2) is 5.82 Å². The normalized spacial score (nSPS) is 10.4. The molecule has 0 spiro atoms. The Bertz CT molecular complexity index is 223. The molecule has 1 heterocycles. The number of nitrogens with zero attached hydrogens (tertiary/aromatic N) is 3. The summed E-state index contributed by atoms with van der Waals surface area (Å²) in [5.41, 5.74) is 5.37. The predicted octanol–water partition coefficient (Wildman–Crippen LogP) is 0.287. The van der Waals surface area contributed by atoms with Gasteiger partial charge >= 0.3 is 0 Å². The molecule has 0 aliphatic heterocycles. The standard InChI is InChI=1S/C7H14N4O/c1-2-4-12-5-3-11-9-6-7(8)10-11/h6H,2-5H2,1H3,(H2,8,10). The molecule has 0 unspecified atom stereocenters. The Hall–Kier alpha value is -1.10. The number of anilines is 1. The molecule has 0 radical (unpaired) electrons. The van der Waals surface area contributed by atoms with E-state index in [4.69, 9.17) is 10.5 Å². The maximum atomic E-state index is 5.37. The number of nitrogens with two attached hydrogens (primary N) is 1. The highest BCUT2D eigenvalue weighted by atomic mass is 16.5. The van der Waals surface area contributed by atoms with Gasteiger partial charge in [-0.25, -0.2) is 0 Å². The van der Waals surface area contributed by atoms with Crippen LogP contribution in [0.25, 0.3) is 0 Å². The van der Waals surface area contributed by atoms with Crippen LogP contribution < -0.4 is 5.73 Å². The summed E-state index contributed by atoms with van der Waals surface area (Å²) in [6.45, 7) is 4.17. The number of hydrogen-bond donors (Lipinski definition) is 1. The lowest BCUT2D eigenvalue weighted by Gasteiger charge is -2.00. The Morgan fingerprint density at radius 3 is 3.00 bits per heavy atom. The molecule has 0 atom stereocenters. The maximum Gasteiger partial charge on any atom is 0.165 e. The van der Waals surface area contributed by atoms with Gasteiger partial charge < -0.3 is 10.5 Å². The van der Waals surface area contributed by atoms with Crippen LogP contribution in [0.1, 0.15) is 13.3 Å². The van der Waals surface area contributed by atoms with Gasteiger partial charge in [0.2, 0.25) is 0 Å². The number of hydrogen-bond acceptors (Lipinski definition) is 4. The molecular weight excluding hydrogens is 156 g/mol. The third-order valence-electron chi connectivity index (χ3n) is 1.34. The molecule has 2 N–H and O–H groups in total. The summed E-state index contributed by atoms with van der Waals surface area (Å²) in [7, 11) is 0. The van der Waals surface area contributed by atoms with Crippen LogP contribution in [0.15, 0.2) is 6.20 Å². The second-order valence-corrected chi connectivity index (χ2v) is 2.48. The van der Waals surface area contributed by atoms with Gasteiger partial charge in [-0.1, -0.05) is 6.92 Å². The Kier molecular flexibility index (Phi) is 3.53. The zero-order valence-electron chi connectivity index (χ0n) is 7.23. The monoisotopic (exact) mass is 170 g/mol. The molecule has 68 valence electrons. The van der Waals surface area contributed by atoms with Crippen LogP contribution in [0.4, 0.5) is 5.82 Å². The molecule has 5 heteroatoms. The minimum atomic E-state index is 0.450. The first-order valence-electron chi connectivity index (χ1n) is 4.06. The highest BCUT2D eigenvalue weighted by molar-refractivity contribution is 5.19. The molecule has 1 rings (SSSR count). The van der Waals surface area contributed by atoms with Gasteiger partial charge in [-0.15, -0.1) is 5.10 Å². The van der Waals surface area contributed by atoms with E-state index >= 15 is 0 Å². The lowest BCUT2D eigenvalue weighted by molar-refractivity contribution is 0.121. The van der Waals surface area contributed by atoms with E-state index < -0.39 is 0 Å². The quantitative estimate of drug-likeness (QED) is 0.645. The molecule has 0 saturated carbocycles. The first-order valence-corrected chi connectivity index (χ1v) is 4.06. The molecule has 1 aromatic rings. The molecule has 0 aliphatic rings. The topological polar surface area (TPSA) is 66.0 Å². The number of aromatic nitrogens is 3. The number of nitrogen functional groups attached to an aromatic ring is 1. The van der Waals surface area contributed by atoms with Gasteiger partial charge in [-0.3, -0.25) is 0 Å². The van der Waals surface area contributed by atoms with Crippen molar-refractivity contribution < 1.29 is 4.74 Å². The Morgan fingerprint density at radius 1 is 1.58 bits per heavy atom. The zero-order chi connectivity index (χ0) is 8.81. The van der Waals surface area contributed by atoms with Gasteiger partial charge in [0.05, 0.1) is 19.3 Å². The van der Waals surface area contributed by atoms with Crippen LogP contribution in [-0.4, -0.2) is 28.2 Å². The van der Waals surface area contributed by atoms with Gasteiger partial charge in [0.25, 0.3) is 0 Å². The van der Waals surface area contributed by atoms with Crippen LogP contribution in [0.3, 0.4) is 0 Å². The fourth-order valence-electron chi connectivity index (χ4n) is 0.811. The summed E-state index contributed by atoms with van der Waals surface area (Å²) < 4.78 is 5.25. The molecule has 0 aromatic carbocycles. The average Bonchev–Trinajstić information content (AvgIpc) is 2.45. The minimum Gasteiger partial charge on any atom is -0.381 e. The second kappa shape index (κ2) is 4.71. The summed E-state index contributed by atoms with van der Waals surface area (Å²) in [5, 5.41) is 7.83. The summed E-state index contributed by atoms with van der Waals surface area (Å²) in [4.78, 5) is 1.53. The van der Waals surface area contributed by atoms with Crippen molar-refractivity contribution in [1.82, 2.24) is 15.0 Å². The van der Waals surface area contributed by atoms with Crippen molar-refractivity contribution in [3.05, 3.63) is 6.20 Å². The molecule has 0 bridgehead atoms. The van der Waals surface area contributed by atoms with Gasteiger partial charge in [0, 0.05) is 6.61 Å². The highest BCUT2D eigenvalue weighted by Crippen LogP contribution is 1.90. The van der Waals surface area contributed by atoms with Crippen molar-refractivity contribution >= 4 is 5.82 Å². The molecule has 5 nitrogen and oxygen atoms in total. The predicted molar refractivity (Wildman–Crippen MR) is 45.5 cm³/mol. The van der Waals surface area contributed by atoms with E-state index in [1.807, 2.05) is 0 Å². The Labute approximate surface area is 71.5 Å². The zero-order valence-corrected chi connectivity index (χ0v) is 7.23. The van der Waals surface area contributed by atoms with Crippen molar-refractivity contribution in [2.24, 2.45) is 0 Å². The highest BCUT2D eigenvalue weighted by Gasteiger charge is 1.94.